The van der Waals surface area contributed by atoms with Crippen molar-refractivity contribution < 1.29 is 15.3 Å². The Kier molecular flexibility index (Phi) is 5.09. The minimum atomic E-state index is -1.72. The number of nitrogen functional groups attached to an aromatic ring is 2. The lowest BCUT2D eigenvalue weighted by Gasteiger charge is -2.36. The van der Waals surface area contributed by atoms with E-state index in [1.807, 2.05) is 24.3 Å². The quantitative estimate of drug-likeness (QED) is 0.278. The second-order valence-electron chi connectivity index (χ2n) is 9.00. The average molecular weight is 513 g/mol. The minimum absolute atomic E-state index is 0.153. The lowest BCUT2D eigenvalue weighted by Crippen LogP contribution is -2.53. The van der Waals surface area contributed by atoms with Crippen molar-refractivity contribution in [3.8, 4) is 0 Å². The second kappa shape index (κ2) is 7.63. The number of aryl methyl sites for hydroxylation is 1. The molecule has 0 saturated heterocycles. The molecule has 1 aromatic carbocycles. The topological polar surface area (TPSA) is 156 Å². The van der Waals surface area contributed by atoms with Crippen LogP contribution in [0.4, 0.5) is 11.6 Å². The summed E-state index contributed by atoms with van der Waals surface area (Å²) in [5.74, 6) is 0.747. The van der Waals surface area contributed by atoms with Gasteiger partial charge in [-0.25, -0.2) is 15.0 Å². The first-order valence-electron chi connectivity index (χ1n) is 10.7. The van der Waals surface area contributed by atoms with Gasteiger partial charge in [0.1, 0.15) is 35.3 Å². The summed E-state index contributed by atoms with van der Waals surface area (Å²) in [4.78, 5) is 12.7. The molecule has 5 rings (SSSR count). The van der Waals surface area contributed by atoms with Gasteiger partial charge in [0.2, 0.25) is 0 Å². The van der Waals surface area contributed by atoms with E-state index in [4.69, 9.17) is 11.5 Å². The van der Waals surface area contributed by atoms with Crippen molar-refractivity contribution in [2.75, 3.05) is 11.5 Å². The van der Waals surface area contributed by atoms with Crippen LogP contribution >= 0.6 is 15.9 Å². The molecule has 172 valence electrons. The van der Waals surface area contributed by atoms with Crippen molar-refractivity contribution in [2.24, 2.45) is 0 Å². The highest BCUT2D eigenvalue weighted by molar-refractivity contribution is 9.10. The number of benzene rings is 1. The molecule has 0 radical (unpaired) electrons. The monoisotopic (exact) mass is 512 g/mol. The Bertz CT molecular complexity index is 1370. The van der Waals surface area contributed by atoms with Crippen LogP contribution in [0.1, 0.15) is 31.4 Å². The average Bonchev–Trinajstić information content (AvgIpc) is 3.28. The Balaban J connectivity index is 1.42. The maximum atomic E-state index is 11.5. The first-order chi connectivity index (χ1) is 15.6. The molecule has 10 heteroatoms. The molecule has 33 heavy (non-hydrogen) atoms. The van der Waals surface area contributed by atoms with Gasteiger partial charge >= 0.3 is 0 Å². The van der Waals surface area contributed by atoms with Crippen molar-refractivity contribution in [1.29, 1.82) is 0 Å². The zero-order valence-electron chi connectivity index (χ0n) is 18.0. The number of fused-ring (bicyclic) bond motifs is 2. The summed E-state index contributed by atoms with van der Waals surface area (Å²) in [6, 6.07) is 8.95. The third-order valence-corrected chi connectivity index (χ3v) is 7.65. The van der Waals surface area contributed by atoms with Crippen LogP contribution in [0.3, 0.4) is 0 Å². The van der Waals surface area contributed by atoms with Crippen LogP contribution in [0.15, 0.2) is 47.3 Å². The van der Waals surface area contributed by atoms with Gasteiger partial charge in [-0.05, 0) is 59.5 Å². The maximum Gasteiger partial charge on any atom is 0.145 e. The van der Waals surface area contributed by atoms with Crippen LogP contribution in [0.5, 0.6) is 0 Å². The van der Waals surface area contributed by atoms with Crippen molar-refractivity contribution >= 4 is 49.5 Å². The van der Waals surface area contributed by atoms with Gasteiger partial charge in [-0.1, -0.05) is 12.1 Å². The van der Waals surface area contributed by atoms with Crippen LogP contribution < -0.4 is 11.5 Å². The van der Waals surface area contributed by atoms with Gasteiger partial charge in [0.05, 0.1) is 27.0 Å². The minimum Gasteiger partial charge on any atom is -0.388 e. The summed E-state index contributed by atoms with van der Waals surface area (Å²) in [7, 11) is 0. The van der Waals surface area contributed by atoms with Crippen LogP contribution in [-0.4, -0.2) is 52.1 Å². The number of halogens is 1. The largest absolute Gasteiger partial charge is 0.388 e. The predicted molar refractivity (Wildman–Crippen MR) is 129 cm³/mol. The molecule has 1 unspecified atom stereocenters. The molecule has 4 atom stereocenters. The third kappa shape index (κ3) is 3.45. The van der Waals surface area contributed by atoms with E-state index >= 15 is 0 Å². The maximum absolute atomic E-state index is 11.5. The zero-order valence-corrected chi connectivity index (χ0v) is 19.6. The molecule has 3 aromatic heterocycles. The van der Waals surface area contributed by atoms with E-state index in [9.17, 15) is 15.3 Å². The van der Waals surface area contributed by atoms with Gasteiger partial charge in [-0.15, -0.1) is 0 Å². The number of anilines is 2. The molecule has 7 N–H and O–H groups in total. The highest BCUT2D eigenvalue weighted by Gasteiger charge is 2.60. The highest BCUT2D eigenvalue weighted by atomic mass is 79.9. The van der Waals surface area contributed by atoms with Gasteiger partial charge in [0.15, 0.2) is 0 Å². The summed E-state index contributed by atoms with van der Waals surface area (Å²) in [5.41, 5.74) is 10.9. The molecule has 0 aliphatic heterocycles. The Morgan fingerprint density at radius 3 is 2.73 bits per heavy atom. The fourth-order valence-electron chi connectivity index (χ4n) is 4.89. The number of aromatic nitrogens is 4. The number of aliphatic hydroxyl groups excluding tert-OH is 1. The smallest absolute Gasteiger partial charge is 0.145 e. The van der Waals surface area contributed by atoms with Gasteiger partial charge < -0.3 is 31.4 Å². The standard InChI is InChI=1S/C23H25BrN6O3/c1-22(32)18(31)17(30-7-5-14-19(25)27-11-28-21(14)30)10-23(22,33)6-4-12-2-3-13-9-15(24)20(26)29-16(13)8-12/h2-3,5,7-9,11,17-18,31-33H,4,6,10H2,1H3,(H2,26,29)(H2,25,27,28)/t17-,18+,22+,23?/m1/s1. The molecule has 1 aliphatic carbocycles. The van der Waals surface area contributed by atoms with Crippen molar-refractivity contribution in [3.05, 3.63) is 52.9 Å². The number of aliphatic hydroxyl groups is 3. The van der Waals surface area contributed by atoms with E-state index in [-0.39, 0.29) is 12.8 Å². The number of hydrogen-bond acceptors (Lipinski definition) is 8. The van der Waals surface area contributed by atoms with E-state index in [1.54, 1.807) is 16.8 Å². The van der Waals surface area contributed by atoms with Crippen LogP contribution in [0.2, 0.25) is 0 Å². The predicted octanol–water partition coefficient (Wildman–Crippen LogP) is 2.33. The molecule has 0 amide bonds. The lowest BCUT2D eigenvalue weighted by atomic mass is 9.82. The van der Waals surface area contributed by atoms with Crippen LogP contribution in [0.25, 0.3) is 21.9 Å². The van der Waals surface area contributed by atoms with E-state index < -0.39 is 23.3 Å². The first-order valence-corrected chi connectivity index (χ1v) is 11.4. The Labute approximate surface area is 198 Å². The van der Waals surface area contributed by atoms with Crippen LogP contribution in [0, 0.1) is 0 Å². The van der Waals surface area contributed by atoms with Gasteiger partial charge in [-0.3, -0.25) is 0 Å². The summed E-state index contributed by atoms with van der Waals surface area (Å²) in [5, 5.41) is 35.3. The molecule has 1 saturated carbocycles. The molecule has 9 nitrogen and oxygen atoms in total. The van der Waals surface area contributed by atoms with Crippen molar-refractivity contribution in [2.45, 2.75) is 49.5 Å². The van der Waals surface area contributed by atoms with E-state index in [1.165, 1.54) is 13.3 Å². The van der Waals surface area contributed by atoms with E-state index in [0.717, 1.165) is 20.9 Å². The zero-order chi connectivity index (χ0) is 23.5. The summed E-state index contributed by atoms with van der Waals surface area (Å²) < 4.78 is 2.49. The lowest BCUT2D eigenvalue weighted by molar-refractivity contribution is -0.161. The number of hydrogen-bond donors (Lipinski definition) is 5. The molecule has 3 heterocycles. The molecular formula is C23H25BrN6O3. The normalized spacial score (nSPS) is 27.5. The van der Waals surface area contributed by atoms with Gasteiger partial charge in [0, 0.05) is 18.0 Å². The summed E-state index contributed by atoms with van der Waals surface area (Å²) in [6.07, 6.45) is 2.80. The molecular weight excluding hydrogens is 488 g/mol. The SMILES string of the molecule is C[C@]1(O)[C@@H](O)[C@H](n2ccc3c(N)ncnc32)CC1(O)CCc1ccc2cc(Br)c(N)nc2c1. The van der Waals surface area contributed by atoms with Crippen LogP contribution in [-0.2, 0) is 6.42 Å². The summed E-state index contributed by atoms with van der Waals surface area (Å²) in [6.45, 7) is 1.48. The fraction of sp³-hybridized carbons (Fsp3) is 0.348. The van der Waals surface area contributed by atoms with Gasteiger partial charge in [0.25, 0.3) is 0 Å². The van der Waals surface area contributed by atoms with Crippen molar-refractivity contribution in [1.82, 2.24) is 19.5 Å². The third-order valence-electron chi connectivity index (χ3n) is 7.02. The Hall–Kier alpha value is -2.79. The van der Waals surface area contributed by atoms with Gasteiger partial charge in [-0.2, -0.15) is 0 Å². The van der Waals surface area contributed by atoms with E-state index in [2.05, 4.69) is 30.9 Å². The molecule has 1 aliphatic rings. The number of pyridine rings is 1. The Morgan fingerprint density at radius 2 is 1.94 bits per heavy atom. The number of nitrogens with two attached hydrogens (primary N) is 2. The van der Waals surface area contributed by atoms with E-state index in [0.29, 0.717) is 29.1 Å². The highest BCUT2D eigenvalue weighted by Crippen LogP contribution is 2.48. The number of nitrogens with zero attached hydrogens (tertiary/aromatic N) is 4. The first kappa shape index (κ1) is 22.0. The molecule has 0 spiro atoms. The summed E-state index contributed by atoms with van der Waals surface area (Å²) >= 11 is 3.39. The molecule has 4 aromatic rings. The molecule has 1 fully saturated rings. The number of rotatable bonds is 4. The molecule has 0 bridgehead atoms. The fourth-order valence-corrected chi connectivity index (χ4v) is 5.22. The second-order valence-corrected chi connectivity index (χ2v) is 9.85. The Morgan fingerprint density at radius 1 is 1.15 bits per heavy atom. The van der Waals surface area contributed by atoms with Crippen molar-refractivity contribution in [3.63, 3.8) is 0 Å².